The standard InChI is InChI=1S/C16H19Cl2N3O3/c1-16(2,3)19-13(22)7-20(4)8-21-14(23)9-5-11(17)12(18)6-10(9)15(21)24/h5-6H,7-8H2,1-4H3,(H,19,22). The van der Waals surface area contributed by atoms with Gasteiger partial charge in [-0.25, -0.2) is 0 Å². The Morgan fingerprint density at radius 1 is 1.12 bits per heavy atom. The Hall–Kier alpha value is -1.63. The Morgan fingerprint density at radius 2 is 1.58 bits per heavy atom. The molecular formula is C16H19Cl2N3O3. The van der Waals surface area contributed by atoms with Crippen molar-refractivity contribution in [1.82, 2.24) is 15.1 Å². The van der Waals surface area contributed by atoms with Gasteiger partial charge in [-0.2, -0.15) is 0 Å². The third-order valence-corrected chi connectivity index (χ3v) is 4.04. The van der Waals surface area contributed by atoms with Crippen molar-refractivity contribution >= 4 is 40.9 Å². The number of benzene rings is 1. The summed E-state index contributed by atoms with van der Waals surface area (Å²) in [6.45, 7) is 5.69. The van der Waals surface area contributed by atoms with Crippen LogP contribution in [0.4, 0.5) is 0 Å². The maximum absolute atomic E-state index is 12.4. The molecule has 1 heterocycles. The van der Waals surface area contributed by atoms with Crippen LogP contribution in [0.5, 0.6) is 0 Å². The molecule has 0 saturated heterocycles. The fourth-order valence-corrected chi connectivity index (χ4v) is 2.73. The highest BCUT2D eigenvalue weighted by Crippen LogP contribution is 2.31. The Morgan fingerprint density at radius 3 is 2.00 bits per heavy atom. The van der Waals surface area contributed by atoms with Gasteiger partial charge in [0.05, 0.1) is 34.4 Å². The molecule has 0 atom stereocenters. The predicted molar refractivity (Wildman–Crippen MR) is 92.4 cm³/mol. The van der Waals surface area contributed by atoms with Crippen LogP contribution in [-0.2, 0) is 4.79 Å². The van der Waals surface area contributed by atoms with Gasteiger partial charge in [0, 0.05) is 5.54 Å². The summed E-state index contributed by atoms with van der Waals surface area (Å²) >= 11 is 11.8. The van der Waals surface area contributed by atoms with E-state index in [9.17, 15) is 14.4 Å². The summed E-state index contributed by atoms with van der Waals surface area (Å²) in [6.07, 6.45) is 0. The van der Waals surface area contributed by atoms with Crippen molar-refractivity contribution in [2.24, 2.45) is 0 Å². The average Bonchev–Trinajstić information content (AvgIpc) is 2.62. The minimum Gasteiger partial charge on any atom is -0.350 e. The first-order valence-corrected chi connectivity index (χ1v) is 8.10. The molecule has 8 heteroatoms. The number of nitrogens with zero attached hydrogens (tertiary/aromatic N) is 2. The molecule has 1 aromatic carbocycles. The van der Waals surface area contributed by atoms with Crippen LogP contribution >= 0.6 is 23.2 Å². The van der Waals surface area contributed by atoms with Crippen LogP contribution in [0.25, 0.3) is 0 Å². The number of halogens is 2. The lowest BCUT2D eigenvalue weighted by Crippen LogP contribution is -2.48. The van der Waals surface area contributed by atoms with Crippen molar-refractivity contribution in [3.63, 3.8) is 0 Å². The lowest BCUT2D eigenvalue weighted by atomic mass is 10.1. The predicted octanol–water partition coefficient (Wildman–Crippen LogP) is 2.39. The van der Waals surface area contributed by atoms with Crippen LogP contribution < -0.4 is 5.32 Å². The van der Waals surface area contributed by atoms with E-state index in [2.05, 4.69) is 5.32 Å². The van der Waals surface area contributed by atoms with Gasteiger partial charge in [-0.15, -0.1) is 0 Å². The summed E-state index contributed by atoms with van der Waals surface area (Å²) in [6, 6.07) is 2.79. The van der Waals surface area contributed by atoms with Gasteiger partial charge in [-0.1, -0.05) is 23.2 Å². The van der Waals surface area contributed by atoms with E-state index in [1.54, 1.807) is 11.9 Å². The number of rotatable bonds is 4. The van der Waals surface area contributed by atoms with Crippen molar-refractivity contribution in [2.75, 3.05) is 20.3 Å². The molecule has 0 radical (unpaired) electrons. The number of imide groups is 1. The summed E-state index contributed by atoms with van der Waals surface area (Å²) in [4.78, 5) is 39.4. The van der Waals surface area contributed by atoms with Crippen molar-refractivity contribution in [3.05, 3.63) is 33.3 Å². The van der Waals surface area contributed by atoms with Crippen LogP contribution in [-0.4, -0.2) is 53.3 Å². The van der Waals surface area contributed by atoms with Gasteiger partial charge >= 0.3 is 0 Å². The van der Waals surface area contributed by atoms with Crippen molar-refractivity contribution in [2.45, 2.75) is 26.3 Å². The highest BCUT2D eigenvalue weighted by Gasteiger charge is 2.37. The van der Waals surface area contributed by atoms with E-state index in [1.807, 2.05) is 20.8 Å². The Labute approximate surface area is 150 Å². The zero-order valence-electron chi connectivity index (χ0n) is 13.9. The first-order chi connectivity index (χ1) is 11.0. The highest BCUT2D eigenvalue weighted by molar-refractivity contribution is 6.43. The van der Waals surface area contributed by atoms with Crippen LogP contribution in [0, 0.1) is 0 Å². The molecule has 1 aromatic rings. The third-order valence-electron chi connectivity index (χ3n) is 3.32. The Bertz CT molecular complexity index is 672. The van der Waals surface area contributed by atoms with Crippen LogP contribution in [0.15, 0.2) is 12.1 Å². The second-order valence-electron chi connectivity index (χ2n) is 6.80. The molecule has 1 aliphatic heterocycles. The number of hydrogen-bond acceptors (Lipinski definition) is 4. The van der Waals surface area contributed by atoms with Gasteiger partial charge in [0.1, 0.15) is 0 Å². The normalized spacial score (nSPS) is 14.4. The maximum atomic E-state index is 12.4. The zero-order valence-corrected chi connectivity index (χ0v) is 15.5. The molecule has 0 saturated carbocycles. The first kappa shape index (κ1) is 18.7. The summed E-state index contributed by atoms with van der Waals surface area (Å²) in [5.74, 6) is -1.08. The van der Waals surface area contributed by atoms with Gasteiger partial charge in [0.2, 0.25) is 5.91 Å². The van der Waals surface area contributed by atoms with E-state index < -0.39 is 11.8 Å². The van der Waals surface area contributed by atoms with E-state index in [0.29, 0.717) is 0 Å². The highest BCUT2D eigenvalue weighted by atomic mass is 35.5. The number of fused-ring (bicyclic) bond motifs is 1. The largest absolute Gasteiger partial charge is 0.350 e. The number of likely N-dealkylation sites (N-methyl/N-ethyl adjacent to an activating group) is 1. The number of carbonyl (C=O) groups is 3. The number of amides is 3. The van der Waals surface area contributed by atoms with E-state index in [0.717, 1.165) is 4.90 Å². The molecule has 24 heavy (non-hydrogen) atoms. The molecule has 1 aliphatic rings. The van der Waals surface area contributed by atoms with Crippen LogP contribution in [0.1, 0.15) is 41.5 Å². The number of carbonyl (C=O) groups excluding carboxylic acids is 3. The molecule has 6 nitrogen and oxygen atoms in total. The van der Waals surface area contributed by atoms with Crippen molar-refractivity contribution in [3.8, 4) is 0 Å². The molecule has 0 fully saturated rings. The van der Waals surface area contributed by atoms with E-state index >= 15 is 0 Å². The van der Waals surface area contributed by atoms with Crippen molar-refractivity contribution in [1.29, 1.82) is 0 Å². The molecule has 3 amide bonds. The summed E-state index contributed by atoms with van der Waals surface area (Å²) < 4.78 is 0. The fourth-order valence-electron chi connectivity index (χ4n) is 2.41. The van der Waals surface area contributed by atoms with Gasteiger partial charge in [0.15, 0.2) is 0 Å². The lowest BCUT2D eigenvalue weighted by Gasteiger charge is -2.25. The minimum absolute atomic E-state index is 0.000846. The molecule has 2 rings (SSSR count). The first-order valence-electron chi connectivity index (χ1n) is 7.34. The number of nitrogens with one attached hydrogen (secondary N) is 1. The van der Waals surface area contributed by atoms with Crippen LogP contribution in [0.3, 0.4) is 0 Å². The topological polar surface area (TPSA) is 69.7 Å². The molecule has 1 N–H and O–H groups in total. The molecule has 0 aliphatic carbocycles. The molecule has 0 unspecified atom stereocenters. The summed E-state index contributed by atoms with van der Waals surface area (Å²) in [7, 11) is 1.66. The molecule has 0 bridgehead atoms. The second kappa shape index (κ2) is 6.70. The van der Waals surface area contributed by atoms with Gasteiger partial charge < -0.3 is 5.32 Å². The lowest BCUT2D eigenvalue weighted by molar-refractivity contribution is -0.123. The Kier molecular flexibility index (Phi) is 5.22. The maximum Gasteiger partial charge on any atom is 0.262 e. The quantitative estimate of drug-likeness (QED) is 0.824. The monoisotopic (exact) mass is 371 g/mol. The van der Waals surface area contributed by atoms with E-state index in [4.69, 9.17) is 23.2 Å². The molecule has 0 aromatic heterocycles. The second-order valence-corrected chi connectivity index (χ2v) is 7.62. The van der Waals surface area contributed by atoms with Gasteiger partial charge in [-0.3, -0.25) is 24.2 Å². The zero-order chi connectivity index (χ0) is 18.2. The fraction of sp³-hybridized carbons (Fsp3) is 0.438. The van der Waals surface area contributed by atoms with Crippen LogP contribution in [0.2, 0.25) is 10.0 Å². The Balaban J connectivity index is 2.08. The van der Waals surface area contributed by atoms with E-state index in [-0.39, 0.29) is 45.8 Å². The van der Waals surface area contributed by atoms with E-state index in [1.165, 1.54) is 12.1 Å². The third kappa shape index (κ3) is 4.06. The minimum atomic E-state index is -0.448. The SMILES string of the molecule is CN(CC(=O)NC(C)(C)C)CN1C(=O)c2cc(Cl)c(Cl)cc2C1=O. The molecule has 130 valence electrons. The number of hydrogen-bond donors (Lipinski definition) is 1. The van der Waals surface area contributed by atoms with Crippen molar-refractivity contribution < 1.29 is 14.4 Å². The average molecular weight is 372 g/mol. The van der Waals surface area contributed by atoms with Gasteiger partial charge in [0.25, 0.3) is 11.8 Å². The molecule has 0 spiro atoms. The summed E-state index contributed by atoms with van der Waals surface area (Å²) in [5, 5.41) is 3.26. The molecular weight excluding hydrogens is 353 g/mol. The summed E-state index contributed by atoms with van der Waals surface area (Å²) in [5.41, 5.74) is 0.102. The smallest absolute Gasteiger partial charge is 0.262 e. The van der Waals surface area contributed by atoms with Gasteiger partial charge in [-0.05, 0) is 40.0 Å².